The second-order valence-corrected chi connectivity index (χ2v) is 12.1. The SMILES string of the molecule is Nc1ccc(Oc2cc(Oc3ccc(N)c(F)c3)c(C3C4CC5CC(C4)CC3C5)cc2Oc2ccc(N)c(F)c2)cc1F. The summed E-state index contributed by atoms with van der Waals surface area (Å²) in [6, 6.07) is 16.1. The van der Waals surface area contributed by atoms with E-state index < -0.39 is 17.5 Å². The van der Waals surface area contributed by atoms with Crippen molar-refractivity contribution in [1.82, 2.24) is 0 Å². The molecule has 4 saturated carbocycles. The van der Waals surface area contributed by atoms with Crippen molar-refractivity contribution in [3.63, 3.8) is 0 Å². The van der Waals surface area contributed by atoms with Gasteiger partial charge < -0.3 is 31.4 Å². The van der Waals surface area contributed by atoms with E-state index in [0.717, 1.165) is 43.1 Å². The highest BCUT2D eigenvalue weighted by molar-refractivity contribution is 5.57. The van der Waals surface area contributed by atoms with Crippen LogP contribution < -0.4 is 31.4 Å². The summed E-state index contributed by atoms with van der Waals surface area (Å²) in [6.07, 6.45) is 5.90. The number of halogens is 3. The minimum atomic E-state index is -0.639. The van der Waals surface area contributed by atoms with Crippen LogP contribution in [-0.2, 0) is 0 Å². The third kappa shape index (κ3) is 5.28. The lowest BCUT2D eigenvalue weighted by Gasteiger charge is -2.54. The number of rotatable bonds is 7. The third-order valence-electron chi connectivity index (χ3n) is 9.26. The summed E-state index contributed by atoms with van der Waals surface area (Å²) in [5.74, 6) is 2.39. The first-order chi connectivity index (χ1) is 20.7. The van der Waals surface area contributed by atoms with Crippen molar-refractivity contribution in [3.8, 4) is 34.5 Å². The predicted molar refractivity (Wildman–Crippen MR) is 159 cm³/mol. The molecule has 4 aromatic rings. The quantitative estimate of drug-likeness (QED) is 0.187. The number of hydrogen-bond donors (Lipinski definition) is 3. The van der Waals surface area contributed by atoms with Crippen LogP contribution >= 0.6 is 0 Å². The Hall–Kier alpha value is -4.53. The maximum absolute atomic E-state index is 14.4. The smallest absolute Gasteiger partial charge is 0.173 e. The number of nitrogens with two attached hydrogens (primary N) is 3. The zero-order valence-electron chi connectivity index (χ0n) is 23.4. The highest BCUT2D eigenvalue weighted by Crippen LogP contribution is 2.61. The molecular formula is C34H32F3N3O3. The van der Waals surface area contributed by atoms with Crippen LogP contribution in [0, 0.1) is 41.1 Å². The molecule has 0 spiro atoms. The Morgan fingerprint density at radius 3 is 1.30 bits per heavy atom. The van der Waals surface area contributed by atoms with Crippen molar-refractivity contribution in [2.75, 3.05) is 17.2 Å². The highest BCUT2D eigenvalue weighted by Gasteiger charge is 2.49. The first kappa shape index (κ1) is 27.3. The van der Waals surface area contributed by atoms with E-state index in [1.807, 2.05) is 6.07 Å². The first-order valence-corrected chi connectivity index (χ1v) is 14.6. The molecule has 4 aliphatic rings. The van der Waals surface area contributed by atoms with Crippen molar-refractivity contribution in [3.05, 3.63) is 89.7 Å². The van der Waals surface area contributed by atoms with Gasteiger partial charge in [-0.05, 0) is 104 Å². The molecule has 0 aliphatic heterocycles. The van der Waals surface area contributed by atoms with Gasteiger partial charge >= 0.3 is 0 Å². The second-order valence-electron chi connectivity index (χ2n) is 12.1. The molecule has 4 fully saturated rings. The van der Waals surface area contributed by atoms with Gasteiger partial charge in [-0.1, -0.05) is 0 Å². The molecule has 0 amide bonds. The third-order valence-corrected chi connectivity index (χ3v) is 9.26. The van der Waals surface area contributed by atoms with Crippen LogP contribution in [-0.4, -0.2) is 0 Å². The van der Waals surface area contributed by atoms with E-state index in [0.29, 0.717) is 23.3 Å². The highest BCUT2D eigenvalue weighted by atomic mass is 19.1. The molecule has 8 rings (SSSR count). The summed E-state index contributed by atoms with van der Waals surface area (Å²) < 4.78 is 61.9. The van der Waals surface area contributed by atoms with Gasteiger partial charge in [-0.2, -0.15) is 0 Å². The number of hydrogen-bond acceptors (Lipinski definition) is 6. The van der Waals surface area contributed by atoms with Crippen molar-refractivity contribution in [1.29, 1.82) is 0 Å². The van der Waals surface area contributed by atoms with Gasteiger partial charge in [-0.3, -0.25) is 0 Å². The molecule has 0 radical (unpaired) electrons. The van der Waals surface area contributed by atoms with Crippen LogP contribution in [0.25, 0.3) is 0 Å². The monoisotopic (exact) mass is 587 g/mol. The van der Waals surface area contributed by atoms with E-state index in [9.17, 15) is 13.2 Å². The van der Waals surface area contributed by atoms with Crippen LogP contribution in [0.4, 0.5) is 30.2 Å². The summed E-state index contributed by atoms with van der Waals surface area (Å²) in [4.78, 5) is 0. The normalized spacial score (nSPS) is 23.7. The zero-order valence-corrected chi connectivity index (χ0v) is 23.4. The van der Waals surface area contributed by atoms with Gasteiger partial charge in [0.05, 0.1) is 17.1 Å². The Balaban J connectivity index is 1.36. The molecule has 0 aromatic heterocycles. The van der Waals surface area contributed by atoms with Crippen LogP contribution in [0.3, 0.4) is 0 Å². The average molecular weight is 588 g/mol. The van der Waals surface area contributed by atoms with Gasteiger partial charge in [0.2, 0.25) is 0 Å². The number of anilines is 3. The van der Waals surface area contributed by atoms with E-state index in [1.54, 1.807) is 18.2 Å². The van der Waals surface area contributed by atoms with Gasteiger partial charge in [0.15, 0.2) is 11.5 Å². The van der Waals surface area contributed by atoms with Crippen LogP contribution in [0.1, 0.15) is 43.6 Å². The van der Waals surface area contributed by atoms with Crippen molar-refractivity contribution in [2.24, 2.45) is 23.7 Å². The van der Waals surface area contributed by atoms with E-state index in [2.05, 4.69) is 0 Å². The molecule has 4 aromatic carbocycles. The van der Waals surface area contributed by atoms with E-state index >= 15 is 0 Å². The summed E-state index contributed by atoms with van der Waals surface area (Å²) in [5, 5.41) is 0. The lowest BCUT2D eigenvalue weighted by Crippen LogP contribution is -2.43. The fourth-order valence-corrected chi connectivity index (χ4v) is 7.59. The molecule has 0 unspecified atom stereocenters. The fourth-order valence-electron chi connectivity index (χ4n) is 7.59. The maximum atomic E-state index is 14.4. The van der Waals surface area contributed by atoms with Gasteiger partial charge in [-0.25, -0.2) is 13.2 Å². The van der Waals surface area contributed by atoms with Crippen LogP contribution in [0.15, 0.2) is 66.7 Å². The van der Waals surface area contributed by atoms with E-state index in [-0.39, 0.29) is 46.0 Å². The topological polar surface area (TPSA) is 106 Å². The minimum absolute atomic E-state index is 0.00469. The van der Waals surface area contributed by atoms with Crippen LogP contribution in [0.5, 0.6) is 34.5 Å². The van der Waals surface area contributed by atoms with Crippen LogP contribution in [0.2, 0.25) is 0 Å². The van der Waals surface area contributed by atoms with Gasteiger partial charge in [0, 0.05) is 29.8 Å². The molecule has 222 valence electrons. The van der Waals surface area contributed by atoms with Crippen molar-refractivity contribution < 1.29 is 27.4 Å². The second kappa shape index (κ2) is 10.6. The Morgan fingerprint density at radius 1 is 0.488 bits per heavy atom. The number of nitrogen functional groups attached to an aromatic ring is 3. The van der Waals surface area contributed by atoms with E-state index in [4.69, 9.17) is 31.4 Å². The van der Waals surface area contributed by atoms with Crippen molar-refractivity contribution in [2.45, 2.75) is 38.0 Å². The molecule has 0 atom stereocenters. The Bertz CT molecular complexity index is 1680. The minimum Gasteiger partial charge on any atom is -0.457 e. The molecule has 4 aliphatic carbocycles. The molecule has 9 heteroatoms. The van der Waals surface area contributed by atoms with E-state index in [1.165, 1.54) is 48.9 Å². The number of benzene rings is 4. The predicted octanol–water partition coefficient (Wildman–Crippen LogP) is 8.77. The molecular weight excluding hydrogens is 555 g/mol. The molecule has 6 N–H and O–H groups in total. The molecule has 6 nitrogen and oxygen atoms in total. The fraction of sp³-hybridized carbons (Fsp3) is 0.294. The summed E-state index contributed by atoms with van der Waals surface area (Å²) in [7, 11) is 0. The summed E-state index contributed by atoms with van der Waals surface area (Å²) >= 11 is 0. The van der Waals surface area contributed by atoms with Gasteiger partial charge in [0.1, 0.15) is 40.4 Å². The van der Waals surface area contributed by atoms with Gasteiger partial charge in [0.25, 0.3) is 0 Å². The lowest BCUT2D eigenvalue weighted by molar-refractivity contribution is -0.00341. The molecule has 0 saturated heterocycles. The average Bonchev–Trinajstić information content (AvgIpc) is 2.96. The molecule has 43 heavy (non-hydrogen) atoms. The van der Waals surface area contributed by atoms with Crippen molar-refractivity contribution >= 4 is 17.1 Å². The summed E-state index contributed by atoms with van der Waals surface area (Å²) in [5.41, 5.74) is 18.0. The zero-order chi connectivity index (χ0) is 29.8. The Labute approximate surface area is 247 Å². The molecule has 0 heterocycles. The summed E-state index contributed by atoms with van der Waals surface area (Å²) in [6.45, 7) is 0. The largest absolute Gasteiger partial charge is 0.457 e. The number of ether oxygens (including phenoxy) is 3. The Morgan fingerprint density at radius 2 is 0.884 bits per heavy atom. The first-order valence-electron chi connectivity index (χ1n) is 14.6. The maximum Gasteiger partial charge on any atom is 0.173 e. The Kier molecular flexibility index (Phi) is 6.75. The standard InChI is InChI=1S/C34H32F3N3O3/c35-25-12-21(1-4-28(25)38)41-31-16-33(43-23-3-6-30(40)27(37)14-23)32(42-22-2-5-29(39)26(36)13-22)15-24(31)34-19-8-17-7-18(10-19)11-20(34)9-17/h1-6,12-20,34H,7-11,38-40H2. The van der Waals surface area contributed by atoms with Gasteiger partial charge in [-0.15, -0.1) is 0 Å². The molecule has 4 bridgehead atoms. The lowest BCUT2D eigenvalue weighted by atomic mass is 9.50.